The topological polar surface area (TPSA) is 12.0 Å². The van der Waals surface area contributed by atoms with Crippen molar-refractivity contribution in [2.45, 2.75) is 33.2 Å². The summed E-state index contributed by atoms with van der Waals surface area (Å²) in [5.74, 6) is 0.371. The van der Waals surface area contributed by atoms with Crippen molar-refractivity contribution in [1.82, 2.24) is 0 Å². The Hall–Kier alpha value is -1.83. The van der Waals surface area contributed by atoms with Crippen LogP contribution in [-0.4, -0.2) is 0 Å². The molecule has 0 bridgehead atoms. The lowest BCUT2D eigenvalue weighted by Gasteiger charge is -2.23. The second kappa shape index (κ2) is 6.56. The van der Waals surface area contributed by atoms with E-state index in [9.17, 15) is 4.39 Å². The van der Waals surface area contributed by atoms with Gasteiger partial charge in [0.2, 0.25) is 0 Å². The predicted octanol–water partition coefficient (Wildman–Crippen LogP) is 5.33. The van der Waals surface area contributed by atoms with Crippen molar-refractivity contribution in [3.05, 3.63) is 65.5 Å². The summed E-state index contributed by atoms with van der Waals surface area (Å²) >= 11 is 0. The van der Waals surface area contributed by atoms with E-state index in [2.05, 4.69) is 31.3 Å². The molecule has 1 N–H and O–H groups in total. The van der Waals surface area contributed by atoms with Gasteiger partial charge in [0.05, 0.1) is 6.04 Å². The molecular formula is C18H22FN. The maximum atomic E-state index is 13.4. The Kier molecular flexibility index (Phi) is 4.78. The molecule has 2 aromatic rings. The molecule has 2 aromatic carbocycles. The van der Waals surface area contributed by atoms with Gasteiger partial charge in [0, 0.05) is 5.69 Å². The van der Waals surface area contributed by atoms with Crippen LogP contribution < -0.4 is 5.32 Å². The molecule has 0 spiro atoms. The summed E-state index contributed by atoms with van der Waals surface area (Å²) < 4.78 is 13.4. The van der Waals surface area contributed by atoms with E-state index in [1.165, 1.54) is 11.6 Å². The van der Waals surface area contributed by atoms with E-state index in [0.29, 0.717) is 5.92 Å². The lowest BCUT2D eigenvalue weighted by atomic mass is 9.96. The van der Waals surface area contributed by atoms with Gasteiger partial charge in [-0.05, 0) is 42.5 Å². The van der Waals surface area contributed by atoms with Gasteiger partial charge < -0.3 is 5.32 Å². The Bertz CT molecular complexity index is 549. The number of anilines is 1. The van der Waals surface area contributed by atoms with Gasteiger partial charge in [0.1, 0.15) is 5.82 Å². The van der Waals surface area contributed by atoms with E-state index in [-0.39, 0.29) is 11.9 Å². The smallest absolute Gasteiger partial charge is 0.125 e. The summed E-state index contributed by atoms with van der Waals surface area (Å²) in [6, 6.07) is 15.4. The number of benzene rings is 2. The number of aryl methyl sites for hydroxylation is 1. The van der Waals surface area contributed by atoms with E-state index in [0.717, 1.165) is 17.7 Å². The molecule has 2 rings (SSSR count). The largest absolute Gasteiger partial charge is 0.378 e. The van der Waals surface area contributed by atoms with E-state index < -0.39 is 0 Å². The summed E-state index contributed by atoms with van der Waals surface area (Å²) in [5, 5.41) is 3.50. The third-order valence-electron chi connectivity index (χ3n) is 3.44. The molecule has 0 aromatic heterocycles. The lowest BCUT2D eigenvalue weighted by molar-refractivity contribution is 0.530. The second-order valence-corrected chi connectivity index (χ2v) is 5.70. The molecule has 106 valence electrons. The normalized spacial score (nSPS) is 12.4. The first-order valence-electron chi connectivity index (χ1n) is 7.14. The molecule has 1 nitrogen and oxygen atoms in total. The molecular weight excluding hydrogens is 249 g/mol. The zero-order chi connectivity index (χ0) is 14.5. The van der Waals surface area contributed by atoms with Crippen molar-refractivity contribution >= 4 is 5.69 Å². The maximum Gasteiger partial charge on any atom is 0.125 e. The van der Waals surface area contributed by atoms with Gasteiger partial charge in [-0.1, -0.05) is 50.2 Å². The molecule has 1 unspecified atom stereocenters. The van der Waals surface area contributed by atoms with Crippen LogP contribution in [0.2, 0.25) is 0 Å². The summed E-state index contributed by atoms with van der Waals surface area (Å²) in [4.78, 5) is 0. The molecule has 0 saturated carbocycles. The van der Waals surface area contributed by atoms with Gasteiger partial charge in [-0.3, -0.25) is 0 Å². The highest BCUT2D eigenvalue weighted by molar-refractivity contribution is 5.52. The maximum absolute atomic E-state index is 13.4. The average molecular weight is 271 g/mol. The molecule has 0 radical (unpaired) electrons. The zero-order valence-corrected chi connectivity index (χ0v) is 12.4. The molecule has 0 amide bonds. The molecule has 0 heterocycles. The van der Waals surface area contributed by atoms with Crippen LogP contribution >= 0.6 is 0 Å². The van der Waals surface area contributed by atoms with Gasteiger partial charge in [0.25, 0.3) is 0 Å². The SMILES string of the molecule is Cc1ccc(F)cc1NC(CC(C)C)c1ccccc1. The van der Waals surface area contributed by atoms with E-state index in [4.69, 9.17) is 0 Å². The fraction of sp³-hybridized carbons (Fsp3) is 0.333. The summed E-state index contributed by atoms with van der Waals surface area (Å²) in [7, 11) is 0. The highest BCUT2D eigenvalue weighted by atomic mass is 19.1. The molecule has 0 saturated heterocycles. The van der Waals surface area contributed by atoms with Crippen molar-refractivity contribution in [1.29, 1.82) is 0 Å². The minimum Gasteiger partial charge on any atom is -0.378 e. The quantitative estimate of drug-likeness (QED) is 0.774. The fourth-order valence-electron chi connectivity index (χ4n) is 2.37. The summed E-state index contributed by atoms with van der Waals surface area (Å²) in [6.45, 7) is 6.41. The van der Waals surface area contributed by atoms with Crippen molar-refractivity contribution in [3.63, 3.8) is 0 Å². The van der Waals surface area contributed by atoms with Crippen LogP contribution in [0, 0.1) is 18.7 Å². The standard InChI is InChI=1S/C18H22FN/c1-13(2)11-18(15-7-5-4-6-8-15)20-17-12-16(19)10-9-14(17)3/h4-10,12-13,18,20H,11H2,1-3H3. The van der Waals surface area contributed by atoms with Crippen LogP contribution in [0.5, 0.6) is 0 Å². The van der Waals surface area contributed by atoms with Crippen LogP contribution in [0.15, 0.2) is 48.5 Å². The Balaban J connectivity index is 2.26. The van der Waals surface area contributed by atoms with Crippen LogP contribution in [0.3, 0.4) is 0 Å². The molecule has 0 aliphatic heterocycles. The molecule has 2 heteroatoms. The van der Waals surface area contributed by atoms with Gasteiger partial charge >= 0.3 is 0 Å². The van der Waals surface area contributed by atoms with Gasteiger partial charge in [-0.25, -0.2) is 4.39 Å². The minimum absolute atomic E-state index is 0.200. The van der Waals surface area contributed by atoms with Crippen molar-refractivity contribution in [2.75, 3.05) is 5.32 Å². The second-order valence-electron chi connectivity index (χ2n) is 5.70. The lowest BCUT2D eigenvalue weighted by Crippen LogP contribution is -2.14. The molecule has 1 atom stereocenters. The Morgan fingerprint density at radius 1 is 1.05 bits per heavy atom. The summed E-state index contributed by atoms with van der Waals surface area (Å²) in [5.41, 5.74) is 3.18. The predicted molar refractivity (Wildman–Crippen MR) is 83.4 cm³/mol. The molecule has 20 heavy (non-hydrogen) atoms. The number of rotatable bonds is 5. The Labute approximate surface area is 120 Å². The number of hydrogen-bond donors (Lipinski definition) is 1. The number of halogens is 1. The van der Waals surface area contributed by atoms with Gasteiger partial charge in [-0.2, -0.15) is 0 Å². The summed E-state index contributed by atoms with van der Waals surface area (Å²) in [6.07, 6.45) is 1.01. The third kappa shape index (κ3) is 3.83. The monoisotopic (exact) mass is 271 g/mol. The van der Waals surface area contributed by atoms with Gasteiger partial charge in [-0.15, -0.1) is 0 Å². The Morgan fingerprint density at radius 3 is 2.40 bits per heavy atom. The highest BCUT2D eigenvalue weighted by Gasteiger charge is 2.14. The molecule has 0 fully saturated rings. The average Bonchev–Trinajstić information content (AvgIpc) is 2.42. The number of nitrogens with one attached hydrogen (secondary N) is 1. The Morgan fingerprint density at radius 2 is 1.75 bits per heavy atom. The van der Waals surface area contributed by atoms with E-state index in [1.807, 2.05) is 31.2 Å². The minimum atomic E-state index is -0.200. The van der Waals surface area contributed by atoms with Crippen LogP contribution in [0.1, 0.15) is 37.4 Å². The van der Waals surface area contributed by atoms with Crippen LogP contribution in [0.25, 0.3) is 0 Å². The van der Waals surface area contributed by atoms with Crippen LogP contribution in [0.4, 0.5) is 10.1 Å². The van der Waals surface area contributed by atoms with Crippen LogP contribution in [-0.2, 0) is 0 Å². The van der Waals surface area contributed by atoms with Gasteiger partial charge in [0.15, 0.2) is 0 Å². The van der Waals surface area contributed by atoms with E-state index in [1.54, 1.807) is 6.07 Å². The third-order valence-corrected chi connectivity index (χ3v) is 3.44. The first-order valence-corrected chi connectivity index (χ1v) is 7.14. The van der Waals surface area contributed by atoms with Crippen molar-refractivity contribution in [2.24, 2.45) is 5.92 Å². The zero-order valence-electron chi connectivity index (χ0n) is 12.4. The number of hydrogen-bond acceptors (Lipinski definition) is 1. The fourth-order valence-corrected chi connectivity index (χ4v) is 2.37. The van der Waals surface area contributed by atoms with E-state index >= 15 is 0 Å². The van der Waals surface area contributed by atoms with Crippen molar-refractivity contribution in [3.8, 4) is 0 Å². The first-order chi connectivity index (χ1) is 9.56. The highest BCUT2D eigenvalue weighted by Crippen LogP contribution is 2.27. The first kappa shape index (κ1) is 14.6. The van der Waals surface area contributed by atoms with Crippen molar-refractivity contribution < 1.29 is 4.39 Å². The molecule has 0 aliphatic rings. The molecule has 0 aliphatic carbocycles.